The molecular weight excluding hydrogens is 242 g/mol. The molecule has 0 radical (unpaired) electrons. The minimum absolute atomic E-state index is 0.0141. The fraction of sp³-hybridized carbons (Fsp3) is 0.533. The maximum absolute atomic E-state index is 11.7. The molecule has 0 aromatic heterocycles. The molecule has 2 unspecified atom stereocenters. The number of carbonyl (C=O) groups is 1. The standard InChI is InChI=1S/C15H23NO3/c1-5-13(15(17)18-6-2)19-14-8-7-12(11(4)16)9-10(14)3/h7-9,11,13H,5-6,16H2,1-4H3. The third kappa shape index (κ3) is 4.24. The maximum Gasteiger partial charge on any atom is 0.347 e. The molecular formula is C15H23NO3. The summed E-state index contributed by atoms with van der Waals surface area (Å²) in [6.45, 7) is 7.92. The lowest BCUT2D eigenvalue weighted by Crippen LogP contribution is -2.29. The van der Waals surface area contributed by atoms with Crippen molar-refractivity contribution in [1.29, 1.82) is 0 Å². The van der Waals surface area contributed by atoms with Crippen LogP contribution in [0.3, 0.4) is 0 Å². The number of benzene rings is 1. The average Bonchev–Trinajstić information content (AvgIpc) is 2.37. The first-order valence-electron chi connectivity index (χ1n) is 6.69. The molecule has 4 nitrogen and oxygen atoms in total. The number of carbonyl (C=O) groups excluding carboxylic acids is 1. The molecule has 106 valence electrons. The first kappa shape index (κ1) is 15.5. The van der Waals surface area contributed by atoms with Gasteiger partial charge in [0, 0.05) is 6.04 Å². The van der Waals surface area contributed by atoms with Crippen LogP contribution in [-0.2, 0) is 9.53 Å². The third-order valence-electron chi connectivity index (χ3n) is 2.91. The fourth-order valence-corrected chi connectivity index (χ4v) is 1.77. The van der Waals surface area contributed by atoms with Crippen LogP contribution in [0.4, 0.5) is 0 Å². The summed E-state index contributed by atoms with van der Waals surface area (Å²) in [4.78, 5) is 11.7. The highest BCUT2D eigenvalue weighted by molar-refractivity contribution is 5.75. The van der Waals surface area contributed by atoms with E-state index in [1.54, 1.807) is 6.92 Å². The first-order valence-corrected chi connectivity index (χ1v) is 6.69. The SMILES string of the molecule is CCOC(=O)C(CC)Oc1ccc(C(C)N)cc1C. The third-order valence-corrected chi connectivity index (χ3v) is 2.91. The van der Waals surface area contributed by atoms with E-state index in [1.807, 2.05) is 39.0 Å². The number of rotatable bonds is 6. The highest BCUT2D eigenvalue weighted by Crippen LogP contribution is 2.23. The first-order chi connectivity index (χ1) is 8.99. The van der Waals surface area contributed by atoms with E-state index in [1.165, 1.54) is 0 Å². The van der Waals surface area contributed by atoms with Crippen LogP contribution in [0, 0.1) is 6.92 Å². The lowest BCUT2D eigenvalue weighted by Gasteiger charge is -2.18. The molecule has 0 saturated carbocycles. The van der Waals surface area contributed by atoms with Crippen molar-refractivity contribution in [2.45, 2.75) is 46.3 Å². The summed E-state index contributed by atoms with van der Waals surface area (Å²) in [6.07, 6.45) is 0.0210. The van der Waals surface area contributed by atoms with Crippen LogP contribution in [0.25, 0.3) is 0 Å². The van der Waals surface area contributed by atoms with E-state index in [2.05, 4.69) is 0 Å². The van der Waals surface area contributed by atoms with Crippen LogP contribution >= 0.6 is 0 Å². The molecule has 0 aliphatic rings. The van der Waals surface area contributed by atoms with Gasteiger partial charge in [0.1, 0.15) is 5.75 Å². The van der Waals surface area contributed by atoms with E-state index >= 15 is 0 Å². The van der Waals surface area contributed by atoms with Crippen LogP contribution in [0.2, 0.25) is 0 Å². The highest BCUT2D eigenvalue weighted by atomic mass is 16.6. The second kappa shape index (κ2) is 7.14. The Labute approximate surface area is 114 Å². The second-order valence-electron chi connectivity index (χ2n) is 4.58. The zero-order valence-electron chi connectivity index (χ0n) is 12.1. The minimum Gasteiger partial charge on any atom is -0.478 e. The molecule has 0 saturated heterocycles. The van der Waals surface area contributed by atoms with Gasteiger partial charge in [0.25, 0.3) is 0 Å². The number of hydrogen-bond acceptors (Lipinski definition) is 4. The van der Waals surface area contributed by atoms with Gasteiger partial charge in [0.05, 0.1) is 6.61 Å². The zero-order chi connectivity index (χ0) is 14.4. The topological polar surface area (TPSA) is 61.5 Å². The molecule has 0 heterocycles. The molecule has 1 aromatic carbocycles. The van der Waals surface area contributed by atoms with Crippen molar-refractivity contribution in [3.8, 4) is 5.75 Å². The maximum atomic E-state index is 11.7. The molecule has 2 N–H and O–H groups in total. The number of ether oxygens (including phenoxy) is 2. The van der Waals surface area contributed by atoms with Gasteiger partial charge in [0.15, 0.2) is 6.10 Å². The van der Waals surface area contributed by atoms with Crippen molar-refractivity contribution in [1.82, 2.24) is 0 Å². The van der Waals surface area contributed by atoms with Gasteiger partial charge >= 0.3 is 5.97 Å². The van der Waals surface area contributed by atoms with E-state index in [-0.39, 0.29) is 12.0 Å². The van der Waals surface area contributed by atoms with E-state index < -0.39 is 6.10 Å². The van der Waals surface area contributed by atoms with Gasteiger partial charge in [-0.1, -0.05) is 19.1 Å². The molecule has 0 aliphatic heterocycles. The Kier molecular flexibility index (Phi) is 5.83. The lowest BCUT2D eigenvalue weighted by molar-refractivity contribution is -0.151. The smallest absolute Gasteiger partial charge is 0.347 e. The molecule has 1 rings (SSSR count). The number of hydrogen-bond donors (Lipinski definition) is 1. The summed E-state index contributed by atoms with van der Waals surface area (Å²) >= 11 is 0. The van der Waals surface area contributed by atoms with Crippen molar-refractivity contribution in [2.75, 3.05) is 6.61 Å². The second-order valence-corrected chi connectivity index (χ2v) is 4.58. The predicted molar refractivity (Wildman–Crippen MR) is 75.1 cm³/mol. The van der Waals surface area contributed by atoms with E-state index in [4.69, 9.17) is 15.2 Å². The summed E-state index contributed by atoms with van der Waals surface area (Å²) in [5, 5.41) is 0. The molecule has 1 aromatic rings. The monoisotopic (exact) mass is 265 g/mol. The zero-order valence-corrected chi connectivity index (χ0v) is 12.1. The number of nitrogens with two attached hydrogens (primary N) is 1. The molecule has 0 bridgehead atoms. The quantitative estimate of drug-likeness (QED) is 0.803. The van der Waals surface area contributed by atoms with Crippen LogP contribution in [0.1, 0.15) is 44.4 Å². The van der Waals surface area contributed by atoms with Crippen molar-refractivity contribution >= 4 is 5.97 Å². The molecule has 0 fully saturated rings. The van der Waals surface area contributed by atoms with E-state index in [0.717, 1.165) is 11.1 Å². The van der Waals surface area contributed by atoms with Crippen molar-refractivity contribution in [3.05, 3.63) is 29.3 Å². The Hall–Kier alpha value is -1.55. The fourth-order valence-electron chi connectivity index (χ4n) is 1.77. The van der Waals surface area contributed by atoms with Gasteiger partial charge in [-0.15, -0.1) is 0 Å². The summed E-state index contributed by atoms with van der Waals surface area (Å²) in [5.74, 6) is 0.380. The number of esters is 1. The molecule has 19 heavy (non-hydrogen) atoms. The Balaban J connectivity index is 2.83. The summed E-state index contributed by atoms with van der Waals surface area (Å²) < 4.78 is 10.7. The van der Waals surface area contributed by atoms with Crippen LogP contribution in [0.15, 0.2) is 18.2 Å². The van der Waals surface area contributed by atoms with Gasteiger partial charge in [-0.3, -0.25) is 0 Å². The van der Waals surface area contributed by atoms with Crippen LogP contribution in [0.5, 0.6) is 5.75 Å². The largest absolute Gasteiger partial charge is 0.478 e. The van der Waals surface area contributed by atoms with Gasteiger partial charge in [-0.2, -0.15) is 0 Å². The van der Waals surface area contributed by atoms with Crippen molar-refractivity contribution < 1.29 is 14.3 Å². The summed E-state index contributed by atoms with van der Waals surface area (Å²) in [7, 11) is 0. The normalized spacial score (nSPS) is 13.7. The predicted octanol–water partition coefficient (Wildman–Crippen LogP) is 2.74. The molecule has 0 amide bonds. The summed E-state index contributed by atoms with van der Waals surface area (Å²) in [6, 6.07) is 5.75. The van der Waals surface area contributed by atoms with Gasteiger partial charge in [-0.05, 0) is 44.4 Å². The average molecular weight is 265 g/mol. The Morgan fingerprint density at radius 2 is 2.05 bits per heavy atom. The molecule has 0 aliphatic carbocycles. The van der Waals surface area contributed by atoms with Gasteiger partial charge < -0.3 is 15.2 Å². The van der Waals surface area contributed by atoms with Crippen LogP contribution in [-0.4, -0.2) is 18.7 Å². The van der Waals surface area contributed by atoms with Gasteiger partial charge in [0.2, 0.25) is 0 Å². The Bertz CT molecular complexity index is 429. The molecule has 2 atom stereocenters. The van der Waals surface area contributed by atoms with Crippen LogP contribution < -0.4 is 10.5 Å². The van der Waals surface area contributed by atoms with Crippen molar-refractivity contribution in [3.63, 3.8) is 0 Å². The van der Waals surface area contributed by atoms with Crippen molar-refractivity contribution in [2.24, 2.45) is 5.73 Å². The van der Waals surface area contributed by atoms with Gasteiger partial charge in [-0.25, -0.2) is 4.79 Å². The Morgan fingerprint density at radius 1 is 1.37 bits per heavy atom. The number of aryl methyl sites for hydroxylation is 1. The minimum atomic E-state index is -0.556. The Morgan fingerprint density at radius 3 is 2.53 bits per heavy atom. The van der Waals surface area contributed by atoms with E-state index in [9.17, 15) is 4.79 Å². The van der Waals surface area contributed by atoms with E-state index in [0.29, 0.717) is 18.8 Å². The lowest BCUT2D eigenvalue weighted by atomic mass is 10.1. The highest BCUT2D eigenvalue weighted by Gasteiger charge is 2.20. The summed E-state index contributed by atoms with van der Waals surface area (Å²) in [5.41, 5.74) is 7.85. The molecule has 4 heteroatoms. The molecule has 0 spiro atoms.